The van der Waals surface area contributed by atoms with E-state index in [1.165, 1.54) is 11.8 Å². The molecule has 6 heteroatoms. The summed E-state index contributed by atoms with van der Waals surface area (Å²) in [6.45, 7) is 1.92. The van der Waals surface area contributed by atoms with Crippen LogP contribution in [0.1, 0.15) is 49.4 Å². The summed E-state index contributed by atoms with van der Waals surface area (Å²) in [5, 5.41) is -0.758. The van der Waals surface area contributed by atoms with Gasteiger partial charge in [-0.2, -0.15) is 8.42 Å². The Morgan fingerprint density at radius 3 is 2.68 bits per heavy atom. The molecule has 0 aliphatic carbocycles. The highest BCUT2D eigenvalue weighted by Gasteiger charge is 2.32. The molecule has 0 bridgehead atoms. The van der Waals surface area contributed by atoms with Crippen molar-refractivity contribution in [2.45, 2.75) is 49.7 Å². The number of thioether (sulfide) groups is 1. The first kappa shape index (κ1) is 17.5. The Labute approximate surface area is 136 Å². The van der Waals surface area contributed by atoms with Crippen LogP contribution in [0.15, 0.2) is 30.3 Å². The Hall–Kier alpha value is -0.850. The van der Waals surface area contributed by atoms with E-state index in [2.05, 4.69) is 0 Å². The van der Waals surface area contributed by atoms with Gasteiger partial charge >= 0.3 is 0 Å². The lowest BCUT2D eigenvalue weighted by molar-refractivity contribution is 0.0977. The molecule has 2 atom stereocenters. The van der Waals surface area contributed by atoms with E-state index in [9.17, 15) is 13.2 Å². The van der Waals surface area contributed by atoms with Gasteiger partial charge in [-0.25, -0.2) is 0 Å². The van der Waals surface area contributed by atoms with E-state index in [0.29, 0.717) is 18.4 Å². The van der Waals surface area contributed by atoms with Crippen LogP contribution in [0.2, 0.25) is 0 Å². The normalized spacial score (nSPS) is 20.0. The molecule has 0 N–H and O–H groups in total. The molecule has 22 heavy (non-hydrogen) atoms. The van der Waals surface area contributed by atoms with E-state index in [1.54, 1.807) is 24.3 Å². The van der Waals surface area contributed by atoms with E-state index < -0.39 is 15.4 Å². The summed E-state index contributed by atoms with van der Waals surface area (Å²) in [5.74, 6) is 0.784. The molecular weight excluding hydrogens is 320 g/mol. The standard InChI is InChI=1S/C16H22O4S2/c1-2-7-14(12-15(17)13-8-4-3-5-9-13)22(18,19)20-16-10-6-11-21-16/h3-5,8-9,14,16H,2,6-7,10-12H2,1H3. The SMILES string of the molecule is CCCC(CC(=O)c1ccccc1)S(=O)(=O)OC1CCCS1. The molecule has 1 aliphatic heterocycles. The zero-order valence-corrected chi connectivity index (χ0v) is 14.4. The first-order valence-corrected chi connectivity index (χ1v) is 10.2. The van der Waals surface area contributed by atoms with Crippen molar-refractivity contribution in [3.05, 3.63) is 35.9 Å². The lowest BCUT2D eigenvalue weighted by atomic mass is 10.0. The molecule has 0 amide bonds. The fourth-order valence-electron chi connectivity index (χ4n) is 2.47. The molecule has 0 radical (unpaired) electrons. The predicted octanol–water partition coefficient (Wildman–Crippen LogP) is 3.63. The lowest BCUT2D eigenvalue weighted by Crippen LogP contribution is -2.28. The van der Waals surface area contributed by atoms with Crippen molar-refractivity contribution in [3.8, 4) is 0 Å². The summed E-state index contributed by atoms with van der Waals surface area (Å²) >= 11 is 1.53. The highest BCUT2D eigenvalue weighted by molar-refractivity contribution is 8.00. The summed E-state index contributed by atoms with van der Waals surface area (Å²) in [5.41, 5.74) is 0.269. The van der Waals surface area contributed by atoms with Crippen LogP contribution in [0.4, 0.5) is 0 Å². The number of hydrogen-bond donors (Lipinski definition) is 0. The third-order valence-corrected chi connectivity index (χ3v) is 6.73. The molecule has 122 valence electrons. The van der Waals surface area contributed by atoms with Gasteiger partial charge in [0.1, 0.15) is 5.44 Å². The van der Waals surface area contributed by atoms with Crippen molar-refractivity contribution in [2.24, 2.45) is 0 Å². The minimum absolute atomic E-state index is 0.0163. The largest absolute Gasteiger partial charge is 0.294 e. The molecule has 1 aliphatic rings. The van der Waals surface area contributed by atoms with Crippen LogP contribution >= 0.6 is 11.8 Å². The predicted molar refractivity (Wildman–Crippen MR) is 89.6 cm³/mol. The smallest absolute Gasteiger partial charge is 0.271 e. The highest BCUT2D eigenvalue weighted by Crippen LogP contribution is 2.30. The number of benzene rings is 1. The van der Waals surface area contributed by atoms with Crippen molar-refractivity contribution in [2.75, 3.05) is 5.75 Å². The van der Waals surface area contributed by atoms with Crippen molar-refractivity contribution in [1.29, 1.82) is 0 Å². The number of ketones is 1. The average Bonchev–Trinajstić information content (AvgIpc) is 2.99. The highest BCUT2D eigenvalue weighted by atomic mass is 32.2. The maximum Gasteiger partial charge on any atom is 0.271 e. The van der Waals surface area contributed by atoms with Crippen molar-refractivity contribution in [1.82, 2.24) is 0 Å². The second-order valence-corrected chi connectivity index (χ2v) is 8.55. The van der Waals surface area contributed by atoms with Crippen LogP contribution in [0.5, 0.6) is 0 Å². The Bertz CT molecular complexity index is 577. The van der Waals surface area contributed by atoms with Gasteiger partial charge in [0.15, 0.2) is 5.78 Å². The van der Waals surface area contributed by atoms with Crippen molar-refractivity contribution >= 4 is 27.7 Å². The first-order valence-electron chi connectivity index (χ1n) is 7.65. The molecule has 0 saturated carbocycles. The average molecular weight is 342 g/mol. The summed E-state index contributed by atoms with van der Waals surface area (Å²) in [6, 6.07) is 8.82. The van der Waals surface area contributed by atoms with E-state index in [0.717, 1.165) is 18.6 Å². The third-order valence-electron chi connectivity index (χ3n) is 3.66. The molecule has 4 nitrogen and oxygen atoms in total. The van der Waals surface area contributed by atoms with Gasteiger partial charge < -0.3 is 0 Å². The van der Waals surface area contributed by atoms with Gasteiger partial charge in [0, 0.05) is 12.0 Å². The van der Waals surface area contributed by atoms with Crippen LogP contribution in [0, 0.1) is 0 Å². The number of hydrogen-bond acceptors (Lipinski definition) is 5. The lowest BCUT2D eigenvalue weighted by Gasteiger charge is -2.18. The summed E-state index contributed by atoms with van der Waals surface area (Å²) in [6.07, 6.45) is 2.87. The van der Waals surface area contributed by atoms with Crippen molar-refractivity contribution < 1.29 is 17.4 Å². The number of rotatable bonds is 8. The molecule has 1 heterocycles. The maximum absolute atomic E-state index is 12.5. The van der Waals surface area contributed by atoms with Crippen LogP contribution in [0.3, 0.4) is 0 Å². The molecule has 1 aromatic carbocycles. The molecule has 1 saturated heterocycles. The van der Waals surface area contributed by atoms with Crippen LogP contribution in [-0.4, -0.2) is 30.6 Å². The molecule has 0 aromatic heterocycles. The zero-order chi connectivity index (χ0) is 16.0. The molecule has 0 spiro atoms. The van der Waals surface area contributed by atoms with Crippen LogP contribution in [-0.2, 0) is 14.3 Å². The monoisotopic (exact) mass is 342 g/mol. The topological polar surface area (TPSA) is 60.4 Å². The number of Topliss-reactive ketones (excluding diaryl/α,β-unsaturated/α-hetero) is 1. The van der Waals surface area contributed by atoms with Gasteiger partial charge in [0.2, 0.25) is 0 Å². The Morgan fingerprint density at radius 1 is 1.36 bits per heavy atom. The quantitative estimate of drug-likeness (QED) is 0.533. The van der Waals surface area contributed by atoms with E-state index in [-0.39, 0.29) is 17.6 Å². The van der Waals surface area contributed by atoms with Crippen LogP contribution in [0.25, 0.3) is 0 Å². The van der Waals surface area contributed by atoms with E-state index in [4.69, 9.17) is 4.18 Å². The fraction of sp³-hybridized carbons (Fsp3) is 0.562. The molecule has 2 rings (SSSR count). The maximum atomic E-state index is 12.5. The Kier molecular flexibility index (Phi) is 6.47. The first-order chi connectivity index (χ1) is 10.5. The van der Waals surface area contributed by atoms with Gasteiger partial charge in [0.05, 0.1) is 5.25 Å². The summed E-state index contributed by atoms with van der Waals surface area (Å²) < 4.78 is 30.2. The minimum Gasteiger partial charge on any atom is -0.294 e. The Balaban J connectivity index is 2.06. The van der Waals surface area contributed by atoms with Gasteiger partial charge in [-0.3, -0.25) is 8.98 Å². The summed E-state index contributed by atoms with van der Waals surface area (Å²) in [4.78, 5) is 12.3. The van der Waals surface area contributed by atoms with Gasteiger partial charge in [-0.15, -0.1) is 11.8 Å². The van der Waals surface area contributed by atoms with E-state index in [1.807, 2.05) is 13.0 Å². The molecule has 1 fully saturated rings. The Morgan fingerprint density at radius 2 is 2.09 bits per heavy atom. The fourth-order valence-corrected chi connectivity index (χ4v) is 5.38. The third kappa shape index (κ3) is 4.83. The molecule has 2 unspecified atom stereocenters. The molecular formula is C16H22O4S2. The van der Waals surface area contributed by atoms with Gasteiger partial charge in [-0.05, 0) is 25.0 Å². The second-order valence-electron chi connectivity index (χ2n) is 5.44. The zero-order valence-electron chi connectivity index (χ0n) is 12.7. The number of carbonyl (C=O) groups is 1. The van der Waals surface area contributed by atoms with E-state index >= 15 is 0 Å². The number of carbonyl (C=O) groups excluding carboxylic acids is 1. The van der Waals surface area contributed by atoms with Gasteiger partial charge in [-0.1, -0.05) is 43.7 Å². The molecule has 1 aromatic rings. The van der Waals surface area contributed by atoms with Crippen molar-refractivity contribution in [3.63, 3.8) is 0 Å². The van der Waals surface area contributed by atoms with Crippen LogP contribution < -0.4 is 0 Å². The van der Waals surface area contributed by atoms with Gasteiger partial charge in [0.25, 0.3) is 10.1 Å². The minimum atomic E-state index is -3.71. The second kappa shape index (κ2) is 8.13. The summed E-state index contributed by atoms with van der Waals surface area (Å²) in [7, 11) is -3.71.